The number of benzene rings is 1. The van der Waals surface area contributed by atoms with Gasteiger partial charge in [-0.3, -0.25) is 5.32 Å². The zero-order valence-corrected chi connectivity index (χ0v) is 17.8. The van der Waals surface area contributed by atoms with E-state index in [9.17, 15) is 5.11 Å². The summed E-state index contributed by atoms with van der Waals surface area (Å²) < 4.78 is 0. The number of rotatable bonds is 4. The first-order valence-electron chi connectivity index (χ1n) is 9.54. The predicted octanol–water partition coefficient (Wildman–Crippen LogP) is 3.31. The van der Waals surface area contributed by atoms with Gasteiger partial charge in [0.2, 0.25) is 6.35 Å². The van der Waals surface area contributed by atoms with Gasteiger partial charge in [0, 0.05) is 36.9 Å². The fourth-order valence-electron chi connectivity index (χ4n) is 3.54. The van der Waals surface area contributed by atoms with Gasteiger partial charge in [0.05, 0.1) is 29.3 Å². The maximum atomic E-state index is 10.2. The van der Waals surface area contributed by atoms with Crippen molar-refractivity contribution in [2.75, 3.05) is 19.0 Å². The van der Waals surface area contributed by atoms with Crippen LogP contribution >= 0.6 is 11.3 Å². The monoisotopic (exact) mass is 418 g/mol. The van der Waals surface area contributed by atoms with E-state index in [-0.39, 0.29) is 12.0 Å². The minimum absolute atomic E-state index is 0.113. The second-order valence-corrected chi connectivity index (χ2v) is 8.26. The van der Waals surface area contributed by atoms with E-state index < -0.39 is 6.35 Å². The molecule has 3 atom stereocenters. The highest BCUT2D eigenvalue weighted by molar-refractivity contribution is 7.10. The molecule has 0 fully saturated rings. The van der Waals surface area contributed by atoms with Crippen molar-refractivity contribution in [1.29, 1.82) is 5.26 Å². The lowest BCUT2D eigenvalue weighted by atomic mass is 9.89. The van der Waals surface area contributed by atoms with Gasteiger partial charge in [0.15, 0.2) is 0 Å². The first-order chi connectivity index (χ1) is 14.5. The minimum Gasteiger partial charge on any atom is -0.363 e. The van der Waals surface area contributed by atoms with Gasteiger partial charge in [0.1, 0.15) is 10.8 Å². The van der Waals surface area contributed by atoms with Gasteiger partial charge in [-0.05, 0) is 30.7 Å². The van der Waals surface area contributed by atoms with E-state index >= 15 is 0 Å². The van der Waals surface area contributed by atoms with Gasteiger partial charge in [0.25, 0.3) is 0 Å². The molecule has 8 heteroatoms. The molecule has 0 saturated carbocycles. The fraction of sp³-hybridized carbons (Fsp3) is 0.273. The quantitative estimate of drug-likeness (QED) is 0.675. The molecular formula is C22H22N6OS. The Bertz CT molecular complexity index is 1100. The lowest BCUT2D eigenvalue weighted by Crippen LogP contribution is -2.42. The highest BCUT2D eigenvalue weighted by Crippen LogP contribution is 2.38. The summed E-state index contributed by atoms with van der Waals surface area (Å²) in [5, 5.41) is 25.3. The third kappa shape index (κ3) is 3.96. The van der Waals surface area contributed by atoms with Gasteiger partial charge in [-0.2, -0.15) is 5.26 Å². The number of pyridine rings is 1. The summed E-state index contributed by atoms with van der Waals surface area (Å²) in [6, 6.07) is 13.3. The number of aliphatic hydroxyl groups excluding tert-OH is 1. The Kier molecular flexibility index (Phi) is 5.59. The Labute approximate surface area is 179 Å². The van der Waals surface area contributed by atoms with Crippen molar-refractivity contribution in [1.82, 2.24) is 15.3 Å². The van der Waals surface area contributed by atoms with Gasteiger partial charge in [-0.15, -0.1) is 11.3 Å². The third-order valence-corrected chi connectivity index (χ3v) is 6.05. The van der Waals surface area contributed by atoms with Crippen molar-refractivity contribution in [3.8, 4) is 17.3 Å². The topological polar surface area (TPSA) is 97.4 Å². The van der Waals surface area contributed by atoms with Crippen molar-refractivity contribution in [2.45, 2.75) is 25.2 Å². The van der Waals surface area contributed by atoms with Crippen LogP contribution in [0.25, 0.3) is 11.3 Å². The van der Waals surface area contributed by atoms with Crippen LogP contribution < -0.4 is 10.2 Å². The van der Waals surface area contributed by atoms with Crippen molar-refractivity contribution in [3.05, 3.63) is 64.1 Å². The molecule has 1 aliphatic heterocycles. The largest absolute Gasteiger partial charge is 0.363 e. The summed E-state index contributed by atoms with van der Waals surface area (Å²) in [5.41, 5.74) is 4.23. The summed E-state index contributed by atoms with van der Waals surface area (Å²) in [7, 11) is 3.90. The molecular weight excluding hydrogens is 396 g/mol. The second-order valence-electron chi connectivity index (χ2n) is 7.37. The number of aromatic nitrogens is 2. The molecule has 2 N–H and O–H groups in total. The molecule has 0 radical (unpaired) electrons. The standard InChI is InChI=1S/C22H22N6OS/c1-13-19(21-26-17(12-30-21)15-6-4-14(10-23)5-7-15)20(27-22(29)25-13)16-8-9-18(24-11-16)28(2)3/h4-9,11-12,19-20,22,27,29H,1-3H3. The van der Waals surface area contributed by atoms with Crippen LogP contribution in [0, 0.1) is 11.3 Å². The number of hydrogen-bond donors (Lipinski definition) is 2. The fourth-order valence-corrected chi connectivity index (χ4v) is 4.57. The lowest BCUT2D eigenvalue weighted by molar-refractivity contribution is 0.120. The molecule has 30 heavy (non-hydrogen) atoms. The van der Waals surface area contributed by atoms with Crippen molar-refractivity contribution < 1.29 is 5.11 Å². The van der Waals surface area contributed by atoms with Gasteiger partial charge >= 0.3 is 0 Å². The van der Waals surface area contributed by atoms with E-state index in [2.05, 4.69) is 21.4 Å². The number of thiazole rings is 1. The predicted molar refractivity (Wildman–Crippen MR) is 119 cm³/mol. The average Bonchev–Trinajstić information content (AvgIpc) is 3.23. The summed E-state index contributed by atoms with van der Waals surface area (Å²) in [6.07, 6.45) is 0.873. The van der Waals surface area contributed by atoms with Crippen LogP contribution in [0.5, 0.6) is 0 Å². The van der Waals surface area contributed by atoms with E-state index in [1.54, 1.807) is 23.5 Å². The highest BCUT2D eigenvalue weighted by atomic mass is 32.1. The van der Waals surface area contributed by atoms with E-state index in [0.717, 1.165) is 33.4 Å². The van der Waals surface area contributed by atoms with E-state index in [1.807, 2.05) is 61.8 Å². The van der Waals surface area contributed by atoms with Crippen LogP contribution in [0.4, 0.5) is 5.82 Å². The number of nitrogens with zero attached hydrogens (tertiary/aromatic N) is 5. The number of hydrogen-bond acceptors (Lipinski definition) is 8. The lowest BCUT2D eigenvalue weighted by Gasteiger charge is -2.33. The maximum Gasteiger partial charge on any atom is 0.202 e. The summed E-state index contributed by atoms with van der Waals surface area (Å²) in [6.45, 7) is 1.92. The molecule has 0 spiro atoms. The molecule has 152 valence electrons. The Balaban J connectivity index is 1.68. The van der Waals surface area contributed by atoms with Crippen molar-refractivity contribution >= 4 is 22.9 Å². The van der Waals surface area contributed by atoms with Gasteiger partial charge in [-0.1, -0.05) is 18.2 Å². The molecule has 3 unspecified atom stereocenters. The number of aliphatic hydroxyl groups is 1. The van der Waals surface area contributed by atoms with Gasteiger partial charge in [-0.25, -0.2) is 15.0 Å². The molecule has 0 aliphatic carbocycles. The van der Waals surface area contributed by atoms with Crippen LogP contribution in [-0.2, 0) is 0 Å². The average molecular weight is 419 g/mol. The molecule has 1 aliphatic rings. The maximum absolute atomic E-state index is 10.2. The molecule has 0 bridgehead atoms. The minimum atomic E-state index is -0.960. The number of nitriles is 1. The first-order valence-corrected chi connectivity index (χ1v) is 10.4. The number of anilines is 1. The normalized spacial score (nSPS) is 21.0. The molecule has 4 rings (SSSR count). The molecule has 3 heterocycles. The Morgan fingerprint density at radius 1 is 1.17 bits per heavy atom. The second kappa shape index (κ2) is 8.32. The highest BCUT2D eigenvalue weighted by Gasteiger charge is 2.35. The number of aliphatic imine (C=N–C) groups is 1. The SMILES string of the molecule is CC1=NC(O)NC(c2ccc(N(C)C)nc2)C1c1nc(-c2ccc(C#N)cc2)cs1. The molecule has 7 nitrogen and oxygen atoms in total. The molecule has 0 saturated heterocycles. The zero-order chi connectivity index (χ0) is 21.3. The zero-order valence-electron chi connectivity index (χ0n) is 16.9. The smallest absolute Gasteiger partial charge is 0.202 e. The number of nitrogens with one attached hydrogen (secondary N) is 1. The molecule has 3 aromatic rings. The Morgan fingerprint density at radius 2 is 1.93 bits per heavy atom. The Hall–Kier alpha value is -3.12. The van der Waals surface area contributed by atoms with Crippen molar-refractivity contribution in [2.24, 2.45) is 4.99 Å². The van der Waals surface area contributed by atoms with Crippen molar-refractivity contribution in [3.63, 3.8) is 0 Å². The van der Waals surface area contributed by atoms with Gasteiger partial charge < -0.3 is 10.0 Å². The van der Waals surface area contributed by atoms with E-state index in [4.69, 9.17) is 10.2 Å². The van der Waals surface area contributed by atoms with E-state index in [0.29, 0.717) is 5.56 Å². The summed E-state index contributed by atoms with van der Waals surface area (Å²) in [4.78, 5) is 15.7. The summed E-state index contributed by atoms with van der Waals surface area (Å²) in [5.74, 6) is 0.756. The van der Waals surface area contributed by atoms with E-state index in [1.165, 1.54) is 0 Å². The third-order valence-electron chi connectivity index (χ3n) is 5.12. The molecule has 2 aromatic heterocycles. The Morgan fingerprint density at radius 3 is 2.57 bits per heavy atom. The first kappa shape index (κ1) is 20.2. The van der Waals surface area contributed by atoms with Crippen LogP contribution in [0.3, 0.4) is 0 Å². The summed E-state index contributed by atoms with van der Waals surface area (Å²) >= 11 is 1.57. The molecule has 0 amide bonds. The van der Waals surface area contributed by atoms with Crippen LogP contribution in [-0.4, -0.2) is 41.2 Å². The molecule has 1 aromatic carbocycles. The van der Waals surface area contributed by atoms with Crippen LogP contribution in [0.2, 0.25) is 0 Å². The van der Waals surface area contributed by atoms with Crippen LogP contribution in [0.1, 0.15) is 35.0 Å². The van der Waals surface area contributed by atoms with Crippen LogP contribution in [0.15, 0.2) is 53.0 Å².